The lowest BCUT2D eigenvalue weighted by Crippen LogP contribution is -2.46. The van der Waals surface area contributed by atoms with E-state index in [1.165, 1.54) is 5.56 Å². The van der Waals surface area contributed by atoms with E-state index in [4.69, 9.17) is 5.73 Å². The molecule has 0 spiro atoms. The zero-order chi connectivity index (χ0) is 20.1. The maximum Gasteiger partial charge on any atom is 0.353 e. The van der Waals surface area contributed by atoms with Gasteiger partial charge in [0.1, 0.15) is 0 Å². The van der Waals surface area contributed by atoms with Gasteiger partial charge in [-0.15, -0.1) is 0 Å². The molecule has 9 nitrogen and oxygen atoms in total. The van der Waals surface area contributed by atoms with Crippen LogP contribution in [0.2, 0.25) is 0 Å². The van der Waals surface area contributed by atoms with Gasteiger partial charge in [-0.25, -0.2) is 0 Å². The van der Waals surface area contributed by atoms with Crippen LogP contribution in [0.25, 0.3) is 0 Å². The molecule has 1 aliphatic heterocycles. The lowest BCUT2D eigenvalue weighted by molar-refractivity contribution is -0.383. The molecule has 0 aliphatic carbocycles. The maximum absolute atomic E-state index is 11.6. The number of rotatable bonds is 7. The number of hydrogen-bond donors (Lipinski definition) is 2. The summed E-state index contributed by atoms with van der Waals surface area (Å²) in [5.41, 5.74) is 6.95. The molecule has 1 saturated heterocycles. The van der Waals surface area contributed by atoms with Crippen LogP contribution in [0.5, 0.6) is 0 Å². The molecule has 150 valence electrons. The largest absolute Gasteiger partial charge is 0.378 e. The lowest BCUT2D eigenvalue weighted by atomic mass is 10.2. The quantitative estimate of drug-likeness (QED) is 0.552. The Hall–Kier alpha value is -2.94. The fourth-order valence-electron chi connectivity index (χ4n) is 3.20. The number of hydrogen-bond acceptors (Lipinski definition) is 8. The number of nitrogen functional groups attached to an aromatic ring is 1. The Bertz CT molecular complexity index is 807. The third-order valence-corrected chi connectivity index (χ3v) is 4.98. The Morgan fingerprint density at radius 3 is 2.50 bits per heavy atom. The van der Waals surface area contributed by atoms with E-state index < -0.39 is 4.92 Å². The third kappa shape index (κ3) is 4.66. The Kier molecular flexibility index (Phi) is 6.25. The van der Waals surface area contributed by atoms with Crippen LogP contribution in [0.3, 0.4) is 0 Å². The molecule has 1 aromatic heterocycles. The van der Waals surface area contributed by atoms with Crippen LogP contribution in [0.1, 0.15) is 25.8 Å². The normalized spacial score (nSPS) is 16.0. The van der Waals surface area contributed by atoms with E-state index in [9.17, 15) is 10.1 Å². The summed E-state index contributed by atoms with van der Waals surface area (Å²) < 4.78 is 0. The van der Waals surface area contributed by atoms with Crippen LogP contribution in [0, 0.1) is 10.1 Å². The molecule has 3 rings (SSSR count). The minimum Gasteiger partial charge on any atom is -0.378 e. The van der Waals surface area contributed by atoms with Crippen molar-refractivity contribution in [3.8, 4) is 0 Å². The van der Waals surface area contributed by atoms with Crippen molar-refractivity contribution in [2.45, 2.75) is 32.9 Å². The SMILES string of the molecule is CCC(C)Nc1nc(N)c([N+](=O)[O-])c(N2CCN(Cc3ccccc3)CC2)n1. The van der Waals surface area contributed by atoms with E-state index >= 15 is 0 Å². The molecule has 2 heterocycles. The fraction of sp³-hybridized carbons (Fsp3) is 0.474. The molecule has 1 unspecified atom stereocenters. The summed E-state index contributed by atoms with van der Waals surface area (Å²) in [7, 11) is 0. The summed E-state index contributed by atoms with van der Waals surface area (Å²) in [5.74, 6) is 0.523. The van der Waals surface area contributed by atoms with E-state index in [0.29, 0.717) is 24.9 Å². The van der Waals surface area contributed by atoms with Crippen LogP contribution in [0.4, 0.5) is 23.3 Å². The van der Waals surface area contributed by atoms with Gasteiger partial charge in [-0.2, -0.15) is 9.97 Å². The average molecular weight is 385 g/mol. The van der Waals surface area contributed by atoms with Gasteiger partial charge in [0.2, 0.25) is 17.6 Å². The molecule has 0 radical (unpaired) electrons. The number of aromatic nitrogens is 2. The number of nitrogens with two attached hydrogens (primary N) is 1. The average Bonchev–Trinajstić information content (AvgIpc) is 2.68. The molecule has 1 fully saturated rings. The number of nitrogens with zero attached hydrogens (tertiary/aromatic N) is 5. The fourth-order valence-corrected chi connectivity index (χ4v) is 3.20. The molecule has 0 bridgehead atoms. The van der Waals surface area contributed by atoms with E-state index in [2.05, 4.69) is 32.3 Å². The second-order valence-corrected chi connectivity index (χ2v) is 7.06. The lowest BCUT2D eigenvalue weighted by Gasteiger charge is -2.35. The molecule has 2 aromatic rings. The van der Waals surface area contributed by atoms with Crippen molar-refractivity contribution < 1.29 is 4.92 Å². The van der Waals surface area contributed by atoms with Gasteiger partial charge >= 0.3 is 5.69 Å². The second kappa shape index (κ2) is 8.83. The topological polar surface area (TPSA) is 113 Å². The van der Waals surface area contributed by atoms with Gasteiger partial charge in [0, 0.05) is 38.8 Å². The van der Waals surface area contributed by atoms with Gasteiger partial charge in [0.15, 0.2) is 0 Å². The smallest absolute Gasteiger partial charge is 0.353 e. The first-order valence-electron chi connectivity index (χ1n) is 9.57. The van der Waals surface area contributed by atoms with Crippen LogP contribution in [-0.2, 0) is 6.54 Å². The highest BCUT2D eigenvalue weighted by molar-refractivity contribution is 5.71. The molecular formula is C19H27N7O2. The summed E-state index contributed by atoms with van der Waals surface area (Å²) in [5, 5.41) is 14.7. The van der Waals surface area contributed by atoms with Crippen LogP contribution >= 0.6 is 0 Å². The van der Waals surface area contributed by atoms with E-state index in [-0.39, 0.29) is 17.5 Å². The molecule has 1 aromatic carbocycles. The van der Waals surface area contributed by atoms with Crippen molar-refractivity contribution in [3.05, 3.63) is 46.0 Å². The third-order valence-electron chi connectivity index (χ3n) is 4.98. The highest BCUT2D eigenvalue weighted by atomic mass is 16.6. The van der Waals surface area contributed by atoms with Gasteiger partial charge < -0.3 is 16.0 Å². The highest BCUT2D eigenvalue weighted by Crippen LogP contribution is 2.32. The summed E-state index contributed by atoms with van der Waals surface area (Å²) in [4.78, 5) is 23.9. The first-order valence-corrected chi connectivity index (χ1v) is 9.57. The van der Waals surface area contributed by atoms with E-state index in [0.717, 1.165) is 26.1 Å². The Morgan fingerprint density at radius 2 is 1.89 bits per heavy atom. The number of nitro groups is 1. The van der Waals surface area contributed by atoms with Crippen molar-refractivity contribution in [1.82, 2.24) is 14.9 Å². The number of nitrogens with one attached hydrogen (secondary N) is 1. The molecule has 1 atom stereocenters. The zero-order valence-corrected chi connectivity index (χ0v) is 16.3. The summed E-state index contributed by atoms with van der Waals surface area (Å²) in [6.45, 7) is 7.79. The molecule has 0 saturated carbocycles. The van der Waals surface area contributed by atoms with Crippen molar-refractivity contribution >= 4 is 23.3 Å². The van der Waals surface area contributed by atoms with Gasteiger partial charge in [-0.1, -0.05) is 37.3 Å². The number of benzene rings is 1. The molecule has 1 aliphatic rings. The van der Waals surface area contributed by atoms with Crippen molar-refractivity contribution in [2.24, 2.45) is 0 Å². The summed E-state index contributed by atoms with van der Waals surface area (Å²) >= 11 is 0. The van der Waals surface area contributed by atoms with Crippen molar-refractivity contribution in [2.75, 3.05) is 42.1 Å². The Balaban J connectivity index is 1.76. The van der Waals surface area contributed by atoms with E-state index in [1.807, 2.05) is 36.9 Å². The Labute approximate surface area is 164 Å². The minimum absolute atomic E-state index is 0.104. The second-order valence-electron chi connectivity index (χ2n) is 7.06. The number of piperazine rings is 1. The van der Waals surface area contributed by atoms with Gasteiger partial charge in [-0.3, -0.25) is 15.0 Å². The predicted octanol–water partition coefficient (Wildman–Crippen LogP) is 2.50. The monoisotopic (exact) mass is 385 g/mol. The molecule has 28 heavy (non-hydrogen) atoms. The summed E-state index contributed by atoms with van der Waals surface area (Å²) in [6.07, 6.45) is 0.883. The first-order chi connectivity index (χ1) is 13.5. The van der Waals surface area contributed by atoms with Crippen LogP contribution < -0.4 is 16.0 Å². The molecule has 9 heteroatoms. The number of anilines is 3. The maximum atomic E-state index is 11.6. The molecule has 0 amide bonds. The predicted molar refractivity (Wildman–Crippen MR) is 110 cm³/mol. The van der Waals surface area contributed by atoms with E-state index in [1.54, 1.807) is 0 Å². The van der Waals surface area contributed by atoms with Crippen LogP contribution in [0.15, 0.2) is 30.3 Å². The highest BCUT2D eigenvalue weighted by Gasteiger charge is 2.29. The van der Waals surface area contributed by atoms with Gasteiger partial charge in [0.25, 0.3) is 0 Å². The molecule has 3 N–H and O–H groups in total. The van der Waals surface area contributed by atoms with Gasteiger partial charge in [-0.05, 0) is 18.9 Å². The van der Waals surface area contributed by atoms with Crippen molar-refractivity contribution in [3.63, 3.8) is 0 Å². The van der Waals surface area contributed by atoms with Gasteiger partial charge in [0.05, 0.1) is 4.92 Å². The Morgan fingerprint density at radius 1 is 1.21 bits per heavy atom. The van der Waals surface area contributed by atoms with Crippen molar-refractivity contribution in [1.29, 1.82) is 0 Å². The molecular weight excluding hydrogens is 358 g/mol. The van der Waals surface area contributed by atoms with Crippen LogP contribution in [-0.4, -0.2) is 52.0 Å². The zero-order valence-electron chi connectivity index (χ0n) is 16.3. The standard InChI is InChI=1S/C19H27N7O2/c1-3-14(2)21-19-22-17(20)16(26(27)28)18(23-19)25-11-9-24(10-12-25)13-15-7-5-4-6-8-15/h4-8,14H,3,9-13H2,1-2H3,(H3,20,21,22,23). The minimum atomic E-state index is -0.492. The summed E-state index contributed by atoms with van der Waals surface area (Å²) in [6, 6.07) is 10.4. The first kappa shape index (κ1) is 19.8.